The Kier molecular flexibility index (Phi) is 6.00. The van der Waals surface area contributed by atoms with E-state index < -0.39 is 17.9 Å². The molecule has 4 N–H and O–H groups in total. The van der Waals surface area contributed by atoms with Crippen LogP contribution in [0.3, 0.4) is 0 Å². The van der Waals surface area contributed by atoms with Gasteiger partial charge in [-0.1, -0.05) is 17.7 Å². The van der Waals surface area contributed by atoms with E-state index >= 15 is 0 Å². The van der Waals surface area contributed by atoms with Crippen LogP contribution >= 0.6 is 0 Å². The number of aryl methyl sites for hydroxylation is 1. The van der Waals surface area contributed by atoms with Crippen molar-refractivity contribution in [2.75, 3.05) is 24.7 Å². The van der Waals surface area contributed by atoms with Gasteiger partial charge in [-0.05, 0) is 43.3 Å². The van der Waals surface area contributed by atoms with Crippen molar-refractivity contribution in [3.63, 3.8) is 0 Å². The fraction of sp³-hybridized carbons (Fsp3) is 0.217. The number of primary amides is 2. The average molecular weight is 433 g/mol. The highest BCUT2D eigenvalue weighted by molar-refractivity contribution is 5.92. The lowest BCUT2D eigenvalue weighted by Gasteiger charge is -2.34. The van der Waals surface area contributed by atoms with Crippen molar-refractivity contribution in [3.8, 4) is 22.9 Å². The zero-order chi connectivity index (χ0) is 22.7. The standard InChI is InChI=1S/C23H23N5O4/c1-14-2-6-16(7-3-14)32-17-8-4-15(5-9-17)23-26-18(21(24)29)12-20(27-23)28-10-11-31-13-19(28)22(25)30/h2-9,12,19H,10-11,13H2,1H3,(H2,24,29)(H2,25,30). The Bertz CT molecular complexity index is 1130. The zero-order valence-corrected chi connectivity index (χ0v) is 17.5. The molecule has 9 nitrogen and oxygen atoms in total. The molecule has 0 radical (unpaired) electrons. The maximum Gasteiger partial charge on any atom is 0.267 e. The summed E-state index contributed by atoms with van der Waals surface area (Å²) in [6.07, 6.45) is 0. The summed E-state index contributed by atoms with van der Waals surface area (Å²) in [5, 5.41) is 0. The van der Waals surface area contributed by atoms with Gasteiger partial charge in [-0.2, -0.15) is 0 Å². The lowest BCUT2D eigenvalue weighted by atomic mass is 10.1. The van der Waals surface area contributed by atoms with Crippen molar-refractivity contribution in [2.24, 2.45) is 11.5 Å². The van der Waals surface area contributed by atoms with E-state index in [1.165, 1.54) is 6.07 Å². The molecule has 32 heavy (non-hydrogen) atoms. The molecule has 2 aromatic carbocycles. The Morgan fingerprint density at radius 1 is 1.03 bits per heavy atom. The number of benzene rings is 2. The summed E-state index contributed by atoms with van der Waals surface area (Å²) in [6, 6.07) is 15.7. The van der Waals surface area contributed by atoms with Gasteiger partial charge < -0.3 is 25.8 Å². The van der Waals surface area contributed by atoms with Gasteiger partial charge in [0, 0.05) is 18.2 Å². The number of morpholine rings is 1. The molecule has 2 amide bonds. The van der Waals surface area contributed by atoms with Gasteiger partial charge in [0.05, 0.1) is 13.2 Å². The van der Waals surface area contributed by atoms with Crippen molar-refractivity contribution in [1.82, 2.24) is 9.97 Å². The molecule has 1 unspecified atom stereocenters. The molecule has 3 aromatic rings. The van der Waals surface area contributed by atoms with Crippen LogP contribution < -0.4 is 21.1 Å². The fourth-order valence-corrected chi connectivity index (χ4v) is 3.36. The van der Waals surface area contributed by atoms with Crippen LogP contribution in [0.1, 0.15) is 16.1 Å². The molecule has 0 aliphatic carbocycles. The Morgan fingerprint density at radius 3 is 2.31 bits per heavy atom. The summed E-state index contributed by atoms with van der Waals surface area (Å²) in [7, 11) is 0. The van der Waals surface area contributed by atoms with Gasteiger partial charge in [-0.15, -0.1) is 0 Å². The van der Waals surface area contributed by atoms with Gasteiger partial charge in [0.1, 0.15) is 29.1 Å². The largest absolute Gasteiger partial charge is 0.457 e. The first kappa shape index (κ1) is 21.3. The van der Waals surface area contributed by atoms with Gasteiger partial charge in [-0.25, -0.2) is 9.97 Å². The highest BCUT2D eigenvalue weighted by Gasteiger charge is 2.29. The quantitative estimate of drug-likeness (QED) is 0.607. The van der Waals surface area contributed by atoms with Crippen molar-refractivity contribution < 1.29 is 19.1 Å². The monoisotopic (exact) mass is 433 g/mol. The minimum atomic E-state index is -0.697. The minimum absolute atomic E-state index is 0.0414. The maximum absolute atomic E-state index is 11.9. The van der Waals surface area contributed by atoms with E-state index in [-0.39, 0.29) is 12.3 Å². The molecule has 1 saturated heterocycles. The molecule has 1 aromatic heterocycles. The summed E-state index contributed by atoms with van der Waals surface area (Å²) < 4.78 is 11.2. The summed E-state index contributed by atoms with van der Waals surface area (Å²) >= 11 is 0. The number of aromatic nitrogens is 2. The Labute approximate surface area is 185 Å². The van der Waals surface area contributed by atoms with E-state index in [0.29, 0.717) is 36.1 Å². The number of anilines is 1. The highest BCUT2D eigenvalue weighted by atomic mass is 16.5. The minimum Gasteiger partial charge on any atom is -0.457 e. The fourth-order valence-electron chi connectivity index (χ4n) is 3.36. The predicted molar refractivity (Wildman–Crippen MR) is 118 cm³/mol. The Hall–Kier alpha value is -3.98. The molecule has 1 atom stereocenters. The van der Waals surface area contributed by atoms with Gasteiger partial charge in [0.25, 0.3) is 5.91 Å². The number of carbonyl (C=O) groups is 2. The van der Waals surface area contributed by atoms with Crippen LogP contribution in [-0.2, 0) is 9.53 Å². The molecule has 2 heterocycles. The molecule has 4 rings (SSSR count). The summed E-state index contributed by atoms with van der Waals surface area (Å²) in [4.78, 5) is 34.3. The molecule has 0 spiro atoms. The van der Waals surface area contributed by atoms with Crippen molar-refractivity contribution in [1.29, 1.82) is 0 Å². The summed E-state index contributed by atoms with van der Waals surface area (Å²) in [6.45, 7) is 2.95. The number of nitrogens with zero attached hydrogens (tertiary/aromatic N) is 3. The molecule has 9 heteroatoms. The topological polar surface area (TPSA) is 134 Å². The molecule has 1 aliphatic rings. The van der Waals surface area contributed by atoms with Crippen LogP contribution in [0.15, 0.2) is 54.6 Å². The number of rotatable bonds is 6. The average Bonchev–Trinajstić information content (AvgIpc) is 2.80. The molecule has 1 fully saturated rings. The number of carbonyl (C=O) groups excluding carboxylic acids is 2. The second kappa shape index (κ2) is 9.03. The number of nitrogens with two attached hydrogens (primary N) is 2. The third kappa shape index (κ3) is 4.68. The zero-order valence-electron chi connectivity index (χ0n) is 17.5. The van der Waals surface area contributed by atoms with Crippen molar-refractivity contribution in [3.05, 3.63) is 65.9 Å². The van der Waals surface area contributed by atoms with E-state index in [9.17, 15) is 9.59 Å². The van der Waals surface area contributed by atoms with E-state index in [1.807, 2.05) is 31.2 Å². The van der Waals surface area contributed by atoms with E-state index in [2.05, 4.69) is 9.97 Å². The first-order valence-corrected chi connectivity index (χ1v) is 10.1. The number of hydrogen-bond donors (Lipinski definition) is 2. The van der Waals surface area contributed by atoms with E-state index in [0.717, 1.165) is 11.3 Å². The number of amides is 2. The summed E-state index contributed by atoms with van der Waals surface area (Å²) in [5.41, 5.74) is 12.9. The lowest BCUT2D eigenvalue weighted by Crippen LogP contribution is -2.53. The molecular formula is C23H23N5O4. The maximum atomic E-state index is 11.9. The molecule has 0 bridgehead atoms. The van der Waals surface area contributed by atoms with Crippen LogP contribution in [0, 0.1) is 6.92 Å². The molecule has 1 aliphatic heterocycles. The van der Waals surface area contributed by atoms with Gasteiger partial charge in [0.15, 0.2) is 5.82 Å². The summed E-state index contributed by atoms with van der Waals surface area (Å²) in [5.74, 6) is 0.818. The smallest absolute Gasteiger partial charge is 0.267 e. The third-order valence-electron chi connectivity index (χ3n) is 5.09. The third-order valence-corrected chi connectivity index (χ3v) is 5.09. The first-order chi connectivity index (χ1) is 15.4. The Balaban J connectivity index is 1.64. The predicted octanol–water partition coefficient (Wildman–Crippen LogP) is 2.03. The first-order valence-electron chi connectivity index (χ1n) is 10.1. The highest BCUT2D eigenvalue weighted by Crippen LogP contribution is 2.27. The normalized spacial score (nSPS) is 15.9. The van der Waals surface area contributed by atoms with E-state index in [1.54, 1.807) is 29.2 Å². The molecule has 164 valence electrons. The SMILES string of the molecule is Cc1ccc(Oc2ccc(-c3nc(C(N)=O)cc(N4CCOCC4C(N)=O)n3)cc2)cc1. The lowest BCUT2D eigenvalue weighted by molar-refractivity contribution is -0.121. The van der Waals surface area contributed by atoms with Gasteiger partial charge in [0.2, 0.25) is 5.91 Å². The van der Waals surface area contributed by atoms with Gasteiger partial charge >= 0.3 is 0 Å². The van der Waals surface area contributed by atoms with Crippen LogP contribution in [0.2, 0.25) is 0 Å². The number of hydrogen-bond acceptors (Lipinski definition) is 7. The molecule has 0 saturated carbocycles. The number of ether oxygens (including phenoxy) is 2. The van der Waals surface area contributed by atoms with Crippen LogP contribution in [-0.4, -0.2) is 47.6 Å². The molecular weight excluding hydrogens is 410 g/mol. The van der Waals surface area contributed by atoms with Crippen LogP contribution in [0.5, 0.6) is 11.5 Å². The van der Waals surface area contributed by atoms with Crippen LogP contribution in [0.4, 0.5) is 5.82 Å². The van der Waals surface area contributed by atoms with Gasteiger partial charge in [-0.3, -0.25) is 9.59 Å². The van der Waals surface area contributed by atoms with Crippen molar-refractivity contribution >= 4 is 17.6 Å². The van der Waals surface area contributed by atoms with Crippen molar-refractivity contribution in [2.45, 2.75) is 13.0 Å². The second-order valence-electron chi connectivity index (χ2n) is 7.43. The van der Waals surface area contributed by atoms with E-state index in [4.69, 9.17) is 20.9 Å². The second-order valence-corrected chi connectivity index (χ2v) is 7.43. The Morgan fingerprint density at radius 2 is 1.69 bits per heavy atom. The van der Waals surface area contributed by atoms with Crippen LogP contribution in [0.25, 0.3) is 11.4 Å².